The first-order chi connectivity index (χ1) is 21.5. The Kier molecular flexibility index (Phi) is 11.0. The smallest absolute Gasteiger partial charge is 0.264 e. The molecule has 4 aromatic rings. The van der Waals surface area contributed by atoms with Crippen molar-refractivity contribution < 1.29 is 22.7 Å². The number of carbonyl (C=O) groups is 2. The summed E-state index contributed by atoms with van der Waals surface area (Å²) in [4.78, 5) is 29.8. The highest BCUT2D eigenvalue weighted by molar-refractivity contribution is 7.92. The topological polar surface area (TPSA) is 96.0 Å². The van der Waals surface area contributed by atoms with Crippen LogP contribution in [0.3, 0.4) is 0 Å². The Morgan fingerprint density at radius 2 is 1.44 bits per heavy atom. The van der Waals surface area contributed by atoms with Crippen LogP contribution in [0.1, 0.15) is 34.7 Å². The van der Waals surface area contributed by atoms with Crippen molar-refractivity contribution in [1.29, 1.82) is 0 Å². The van der Waals surface area contributed by atoms with Crippen molar-refractivity contribution in [1.82, 2.24) is 10.2 Å². The highest BCUT2D eigenvalue weighted by atomic mass is 32.2. The van der Waals surface area contributed by atoms with Crippen LogP contribution in [0.15, 0.2) is 102 Å². The first-order valence-electron chi connectivity index (χ1n) is 14.9. The van der Waals surface area contributed by atoms with E-state index in [1.807, 2.05) is 88.4 Å². The summed E-state index contributed by atoms with van der Waals surface area (Å²) < 4.78 is 35.3. The largest absolute Gasteiger partial charge is 0.495 e. The van der Waals surface area contributed by atoms with Gasteiger partial charge in [0.2, 0.25) is 11.8 Å². The van der Waals surface area contributed by atoms with Gasteiger partial charge in [-0.15, -0.1) is 0 Å². The standard InChI is InChI=1S/C36H41N3O5S/c1-6-37-36(41)33(23-29-12-8-7-9-13-29)38(24-30-14-10-11-27(3)21-30)35(40)25-39(32-22-28(4)17-20-34(32)44-5)45(42,43)31-18-15-26(2)16-19-31/h7-22,33H,6,23-25H2,1-5H3,(H,37,41). The van der Waals surface area contributed by atoms with Crippen LogP contribution in [0.5, 0.6) is 5.75 Å². The average Bonchev–Trinajstić information content (AvgIpc) is 3.02. The maximum Gasteiger partial charge on any atom is 0.264 e. The Morgan fingerprint density at radius 3 is 2.09 bits per heavy atom. The molecule has 236 valence electrons. The number of aryl methyl sites for hydroxylation is 3. The predicted molar refractivity (Wildman–Crippen MR) is 178 cm³/mol. The van der Waals surface area contributed by atoms with E-state index < -0.39 is 28.5 Å². The van der Waals surface area contributed by atoms with Crippen LogP contribution in [0.25, 0.3) is 0 Å². The van der Waals surface area contributed by atoms with Gasteiger partial charge in [0.05, 0.1) is 17.7 Å². The van der Waals surface area contributed by atoms with E-state index in [0.717, 1.165) is 32.1 Å². The molecule has 0 heterocycles. The number of methoxy groups -OCH3 is 1. The molecule has 0 radical (unpaired) electrons. The molecule has 0 saturated carbocycles. The maximum absolute atomic E-state index is 14.6. The van der Waals surface area contributed by atoms with E-state index in [-0.39, 0.29) is 29.5 Å². The SMILES string of the molecule is CCNC(=O)C(Cc1ccccc1)N(Cc1cccc(C)c1)C(=O)CN(c1cc(C)ccc1OC)S(=O)(=O)c1ccc(C)cc1. The summed E-state index contributed by atoms with van der Waals surface area (Å²) >= 11 is 0. The summed E-state index contributed by atoms with van der Waals surface area (Å²) in [7, 11) is -2.78. The molecule has 0 bridgehead atoms. The van der Waals surface area contributed by atoms with Crippen LogP contribution in [-0.2, 0) is 32.6 Å². The maximum atomic E-state index is 14.6. The van der Waals surface area contributed by atoms with Crippen molar-refractivity contribution in [2.75, 3.05) is 24.5 Å². The van der Waals surface area contributed by atoms with Crippen LogP contribution in [0.4, 0.5) is 5.69 Å². The second-order valence-corrected chi connectivity index (χ2v) is 13.0. The summed E-state index contributed by atoms with van der Waals surface area (Å²) in [5.74, 6) is -0.537. The lowest BCUT2D eigenvalue weighted by molar-refractivity contribution is -0.140. The van der Waals surface area contributed by atoms with Gasteiger partial charge in [-0.3, -0.25) is 13.9 Å². The fourth-order valence-corrected chi connectivity index (χ4v) is 6.62. The molecule has 9 heteroatoms. The number of nitrogens with one attached hydrogen (secondary N) is 1. The Labute approximate surface area is 266 Å². The number of anilines is 1. The van der Waals surface area contributed by atoms with Crippen LogP contribution in [-0.4, -0.2) is 51.4 Å². The van der Waals surface area contributed by atoms with Gasteiger partial charge in [0.25, 0.3) is 10.0 Å². The van der Waals surface area contributed by atoms with Gasteiger partial charge in [0.15, 0.2) is 0 Å². The number of amides is 2. The number of nitrogens with zero attached hydrogens (tertiary/aromatic N) is 2. The third-order valence-electron chi connectivity index (χ3n) is 7.55. The van der Waals surface area contributed by atoms with Crippen LogP contribution >= 0.6 is 0 Å². The number of likely N-dealkylation sites (N-methyl/N-ethyl adjacent to an activating group) is 1. The number of hydrogen-bond acceptors (Lipinski definition) is 5. The fraction of sp³-hybridized carbons (Fsp3) is 0.278. The lowest BCUT2D eigenvalue weighted by Gasteiger charge is -2.34. The van der Waals surface area contributed by atoms with Crippen molar-refractivity contribution in [3.63, 3.8) is 0 Å². The lowest BCUT2D eigenvalue weighted by Crippen LogP contribution is -2.53. The second kappa shape index (κ2) is 14.9. The normalized spacial score (nSPS) is 11.8. The fourth-order valence-electron chi connectivity index (χ4n) is 5.20. The van der Waals surface area contributed by atoms with E-state index in [1.54, 1.807) is 24.3 Å². The first-order valence-corrected chi connectivity index (χ1v) is 16.4. The highest BCUT2D eigenvalue weighted by Gasteiger charge is 2.35. The Balaban J connectivity index is 1.85. The highest BCUT2D eigenvalue weighted by Crippen LogP contribution is 2.34. The summed E-state index contributed by atoms with van der Waals surface area (Å²) in [6, 6.07) is 28.0. The Bertz CT molecular complexity index is 1720. The van der Waals surface area contributed by atoms with E-state index in [0.29, 0.717) is 12.3 Å². The van der Waals surface area contributed by atoms with Gasteiger partial charge in [-0.2, -0.15) is 0 Å². The first kappa shape index (κ1) is 33.3. The quantitative estimate of drug-likeness (QED) is 0.209. The van der Waals surface area contributed by atoms with Crippen LogP contribution in [0, 0.1) is 20.8 Å². The molecule has 0 saturated heterocycles. The van der Waals surface area contributed by atoms with Crippen molar-refractivity contribution in [2.24, 2.45) is 0 Å². The summed E-state index contributed by atoms with van der Waals surface area (Å²) in [6.07, 6.45) is 0.253. The van der Waals surface area contributed by atoms with E-state index in [2.05, 4.69) is 5.32 Å². The van der Waals surface area contributed by atoms with E-state index in [9.17, 15) is 18.0 Å². The summed E-state index contributed by atoms with van der Waals surface area (Å²) in [6.45, 7) is 7.44. The number of carbonyl (C=O) groups excluding carboxylic acids is 2. The molecule has 0 aliphatic heterocycles. The molecular weight excluding hydrogens is 586 g/mol. The molecule has 0 fully saturated rings. The third-order valence-corrected chi connectivity index (χ3v) is 9.32. The van der Waals surface area contributed by atoms with Gasteiger partial charge in [-0.1, -0.05) is 83.9 Å². The number of ether oxygens (including phenoxy) is 1. The zero-order valence-electron chi connectivity index (χ0n) is 26.5. The van der Waals surface area contributed by atoms with Gasteiger partial charge in [-0.05, 0) is 68.7 Å². The molecule has 0 spiro atoms. The zero-order valence-corrected chi connectivity index (χ0v) is 27.3. The zero-order chi connectivity index (χ0) is 32.6. The number of benzene rings is 4. The van der Waals surface area contributed by atoms with Gasteiger partial charge in [0.1, 0.15) is 18.3 Å². The van der Waals surface area contributed by atoms with Crippen molar-refractivity contribution in [3.05, 3.63) is 125 Å². The molecule has 1 N–H and O–H groups in total. The molecule has 1 unspecified atom stereocenters. The lowest BCUT2D eigenvalue weighted by atomic mass is 10.0. The summed E-state index contributed by atoms with van der Waals surface area (Å²) in [5, 5.41) is 2.89. The van der Waals surface area contributed by atoms with Gasteiger partial charge in [-0.25, -0.2) is 8.42 Å². The second-order valence-electron chi connectivity index (χ2n) is 11.1. The van der Waals surface area contributed by atoms with Crippen molar-refractivity contribution in [3.8, 4) is 5.75 Å². The number of sulfonamides is 1. The van der Waals surface area contributed by atoms with Crippen molar-refractivity contribution in [2.45, 2.75) is 51.6 Å². The average molecular weight is 628 g/mol. The van der Waals surface area contributed by atoms with Crippen molar-refractivity contribution >= 4 is 27.5 Å². The molecule has 1 atom stereocenters. The number of rotatable bonds is 13. The minimum atomic E-state index is -4.24. The third kappa shape index (κ3) is 8.30. The van der Waals surface area contributed by atoms with Gasteiger partial charge in [0, 0.05) is 19.5 Å². The van der Waals surface area contributed by atoms with E-state index in [4.69, 9.17) is 4.74 Å². The van der Waals surface area contributed by atoms with E-state index >= 15 is 0 Å². The molecule has 0 aliphatic carbocycles. The van der Waals surface area contributed by atoms with Gasteiger partial charge >= 0.3 is 0 Å². The van der Waals surface area contributed by atoms with Crippen LogP contribution < -0.4 is 14.4 Å². The summed E-state index contributed by atoms with van der Waals surface area (Å²) in [5.41, 5.74) is 4.64. The molecule has 8 nitrogen and oxygen atoms in total. The minimum Gasteiger partial charge on any atom is -0.495 e. The Hall–Kier alpha value is -4.63. The Morgan fingerprint density at radius 1 is 0.800 bits per heavy atom. The molecule has 0 aliphatic rings. The van der Waals surface area contributed by atoms with E-state index in [1.165, 1.54) is 24.1 Å². The predicted octanol–water partition coefficient (Wildman–Crippen LogP) is 5.59. The molecule has 2 amide bonds. The minimum absolute atomic E-state index is 0.0410. The van der Waals surface area contributed by atoms with Gasteiger partial charge < -0.3 is 15.0 Å². The molecule has 4 aromatic carbocycles. The van der Waals surface area contributed by atoms with Crippen LogP contribution in [0.2, 0.25) is 0 Å². The monoisotopic (exact) mass is 627 g/mol. The number of hydrogen-bond donors (Lipinski definition) is 1. The molecular formula is C36H41N3O5S. The molecule has 0 aromatic heterocycles. The molecule has 4 rings (SSSR count). The molecule has 45 heavy (non-hydrogen) atoms.